The fourth-order valence-corrected chi connectivity index (χ4v) is 5.74. The highest BCUT2D eigenvalue weighted by atomic mass is 32.1. The molecule has 5 rings (SSSR count). The van der Waals surface area contributed by atoms with Crippen molar-refractivity contribution in [3.8, 4) is 0 Å². The van der Waals surface area contributed by atoms with Gasteiger partial charge in [0, 0.05) is 32.7 Å². The quantitative estimate of drug-likeness (QED) is 0.797. The van der Waals surface area contributed by atoms with Gasteiger partial charge in [-0.2, -0.15) is 0 Å². The standard InChI is InChI=1S/C21H27N5O3S/c27-20(14-6-10-29-12-14)22-11-18-24-23-17-5-7-25(8-9-26(17)18)21(28)19-16-4-2-1-3-15(16)13-30-19/h13-14H,1-12H2,(H,22,27). The maximum atomic E-state index is 13.2. The first kappa shape index (κ1) is 19.7. The number of carbonyl (C=O) groups is 2. The Morgan fingerprint density at radius 3 is 2.93 bits per heavy atom. The lowest BCUT2D eigenvalue weighted by Crippen LogP contribution is -2.34. The Bertz CT molecular complexity index is 947. The average molecular weight is 430 g/mol. The summed E-state index contributed by atoms with van der Waals surface area (Å²) in [7, 11) is 0. The molecule has 3 aliphatic rings. The van der Waals surface area contributed by atoms with Crippen molar-refractivity contribution in [1.29, 1.82) is 0 Å². The van der Waals surface area contributed by atoms with Gasteiger partial charge in [-0.15, -0.1) is 21.5 Å². The SMILES string of the molecule is O=C(NCc1nnc2n1CCN(C(=O)c1scc3c1CCCC3)CC2)C1CCOC1. The molecule has 160 valence electrons. The van der Waals surface area contributed by atoms with E-state index in [0.717, 1.165) is 35.8 Å². The third-order valence-electron chi connectivity index (χ3n) is 6.41. The molecule has 0 spiro atoms. The van der Waals surface area contributed by atoms with Crippen molar-refractivity contribution in [2.24, 2.45) is 5.92 Å². The minimum absolute atomic E-state index is 0.0118. The minimum atomic E-state index is -0.0682. The van der Waals surface area contributed by atoms with Crippen LogP contribution >= 0.6 is 11.3 Å². The Labute approximate surface area is 179 Å². The lowest BCUT2D eigenvalue weighted by atomic mass is 9.93. The Morgan fingerprint density at radius 1 is 1.17 bits per heavy atom. The molecular formula is C21H27N5O3S. The number of carbonyl (C=O) groups excluding carboxylic acids is 2. The molecule has 1 aliphatic carbocycles. The molecular weight excluding hydrogens is 402 g/mol. The van der Waals surface area contributed by atoms with Gasteiger partial charge in [0.2, 0.25) is 5.91 Å². The summed E-state index contributed by atoms with van der Waals surface area (Å²) in [6, 6.07) is 0. The van der Waals surface area contributed by atoms with Crippen LogP contribution < -0.4 is 5.32 Å². The second kappa shape index (κ2) is 8.47. The number of hydrogen-bond donors (Lipinski definition) is 1. The van der Waals surface area contributed by atoms with Crippen LogP contribution in [-0.4, -0.2) is 57.8 Å². The number of amides is 2. The number of nitrogens with zero attached hydrogens (tertiary/aromatic N) is 4. The molecule has 0 saturated carbocycles. The Kier molecular flexibility index (Phi) is 5.56. The van der Waals surface area contributed by atoms with Gasteiger partial charge >= 0.3 is 0 Å². The normalized spacial score (nSPS) is 21.1. The lowest BCUT2D eigenvalue weighted by molar-refractivity contribution is -0.125. The first-order chi connectivity index (χ1) is 14.7. The molecule has 1 unspecified atom stereocenters. The second-order valence-corrected chi connectivity index (χ2v) is 9.16. The summed E-state index contributed by atoms with van der Waals surface area (Å²) in [5.74, 6) is 1.73. The largest absolute Gasteiger partial charge is 0.381 e. The first-order valence-electron chi connectivity index (χ1n) is 10.9. The molecule has 4 heterocycles. The van der Waals surface area contributed by atoms with E-state index in [9.17, 15) is 9.59 Å². The van der Waals surface area contributed by atoms with Crippen molar-refractivity contribution in [2.45, 2.75) is 51.6 Å². The van der Waals surface area contributed by atoms with Crippen molar-refractivity contribution in [3.05, 3.63) is 33.0 Å². The number of fused-ring (bicyclic) bond motifs is 2. The van der Waals surface area contributed by atoms with Gasteiger partial charge in [0.15, 0.2) is 5.82 Å². The second-order valence-electron chi connectivity index (χ2n) is 8.28. The number of thiophene rings is 1. The summed E-state index contributed by atoms with van der Waals surface area (Å²) in [4.78, 5) is 28.4. The highest BCUT2D eigenvalue weighted by molar-refractivity contribution is 7.12. The maximum Gasteiger partial charge on any atom is 0.264 e. The maximum absolute atomic E-state index is 13.2. The van der Waals surface area contributed by atoms with Crippen LogP contribution in [0.2, 0.25) is 0 Å². The highest BCUT2D eigenvalue weighted by Crippen LogP contribution is 2.31. The summed E-state index contributed by atoms with van der Waals surface area (Å²) in [5.41, 5.74) is 2.64. The molecule has 2 aromatic rings. The van der Waals surface area contributed by atoms with Gasteiger partial charge in [0.25, 0.3) is 5.91 Å². The minimum Gasteiger partial charge on any atom is -0.381 e. The number of nitrogens with one attached hydrogen (secondary N) is 1. The Morgan fingerprint density at radius 2 is 2.07 bits per heavy atom. The van der Waals surface area contributed by atoms with Crippen molar-refractivity contribution in [3.63, 3.8) is 0 Å². The molecule has 8 nitrogen and oxygen atoms in total. The van der Waals surface area contributed by atoms with Gasteiger partial charge in [0.05, 0.1) is 23.9 Å². The molecule has 1 atom stereocenters. The third kappa shape index (κ3) is 3.76. The predicted molar refractivity (Wildman–Crippen MR) is 111 cm³/mol. The molecule has 0 radical (unpaired) electrons. The first-order valence-corrected chi connectivity index (χ1v) is 11.7. The zero-order valence-corrected chi connectivity index (χ0v) is 17.9. The van der Waals surface area contributed by atoms with Crippen LogP contribution in [0.3, 0.4) is 0 Å². The monoisotopic (exact) mass is 429 g/mol. The van der Waals surface area contributed by atoms with Crippen LogP contribution in [0, 0.1) is 5.92 Å². The predicted octanol–water partition coefficient (Wildman–Crippen LogP) is 1.57. The molecule has 0 aromatic carbocycles. The summed E-state index contributed by atoms with van der Waals surface area (Å²) in [5, 5.41) is 13.7. The molecule has 2 aromatic heterocycles. The van der Waals surface area contributed by atoms with Crippen LogP contribution in [0.1, 0.15) is 51.7 Å². The molecule has 2 aliphatic heterocycles. The number of ether oxygens (including phenoxy) is 1. The summed E-state index contributed by atoms with van der Waals surface area (Å²) in [6.07, 6.45) is 5.97. The van der Waals surface area contributed by atoms with Crippen molar-refractivity contribution in [1.82, 2.24) is 25.0 Å². The molecule has 1 saturated heterocycles. The molecule has 30 heavy (non-hydrogen) atoms. The van der Waals surface area contributed by atoms with E-state index in [1.807, 2.05) is 4.90 Å². The van der Waals surface area contributed by atoms with Crippen LogP contribution in [0.15, 0.2) is 5.38 Å². The van der Waals surface area contributed by atoms with E-state index in [1.54, 1.807) is 11.3 Å². The van der Waals surface area contributed by atoms with Crippen LogP contribution in [0.4, 0.5) is 0 Å². The van der Waals surface area contributed by atoms with Gasteiger partial charge in [-0.05, 0) is 48.6 Å². The van der Waals surface area contributed by atoms with Gasteiger partial charge < -0.3 is 19.5 Å². The van der Waals surface area contributed by atoms with Crippen molar-refractivity contribution < 1.29 is 14.3 Å². The van der Waals surface area contributed by atoms with Gasteiger partial charge in [-0.3, -0.25) is 9.59 Å². The topological polar surface area (TPSA) is 89.4 Å². The average Bonchev–Trinajstić information content (AvgIpc) is 3.49. The van der Waals surface area contributed by atoms with Crippen LogP contribution in [0.5, 0.6) is 0 Å². The number of aromatic nitrogens is 3. The number of aryl methyl sites for hydroxylation is 1. The summed E-state index contributed by atoms with van der Waals surface area (Å²) < 4.78 is 7.35. The number of hydrogen-bond acceptors (Lipinski definition) is 6. The summed E-state index contributed by atoms with van der Waals surface area (Å²) in [6.45, 7) is 3.43. The Hall–Kier alpha value is -2.26. The van der Waals surface area contributed by atoms with Crippen molar-refractivity contribution in [2.75, 3.05) is 26.3 Å². The highest BCUT2D eigenvalue weighted by Gasteiger charge is 2.28. The zero-order chi connectivity index (χ0) is 20.5. The molecule has 2 amide bonds. The summed E-state index contributed by atoms with van der Waals surface area (Å²) >= 11 is 1.60. The molecule has 0 bridgehead atoms. The van der Waals surface area contributed by atoms with E-state index in [2.05, 4.69) is 25.5 Å². The van der Waals surface area contributed by atoms with Crippen LogP contribution in [0.25, 0.3) is 0 Å². The molecule has 9 heteroatoms. The van der Waals surface area contributed by atoms with E-state index in [1.165, 1.54) is 24.0 Å². The van der Waals surface area contributed by atoms with Crippen LogP contribution in [-0.2, 0) is 41.9 Å². The fraction of sp³-hybridized carbons (Fsp3) is 0.619. The van der Waals surface area contributed by atoms with Gasteiger partial charge in [0.1, 0.15) is 5.82 Å². The van der Waals surface area contributed by atoms with E-state index in [0.29, 0.717) is 45.8 Å². The smallest absolute Gasteiger partial charge is 0.264 e. The van der Waals surface area contributed by atoms with E-state index in [-0.39, 0.29) is 17.7 Å². The van der Waals surface area contributed by atoms with Gasteiger partial charge in [-0.25, -0.2) is 0 Å². The third-order valence-corrected chi connectivity index (χ3v) is 7.47. The number of rotatable bonds is 4. The zero-order valence-electron chi connectivity index (χ0n) is 17.1. The van der Waals surface area contributed by atoms with Gasteiger partial charge in [-0.1, -0.05) is 0 Å². The van der Waals surface area contributed by atoms with Crippen molar-refractivity contribution >= 4 is 23.2 Å². The van der Waals surface area contributed by atoms with E-state index < -0.39 is 0 Å². The lowest BCUT2D eigenvalue weighted by Gasteiger charge is -2.21. The Balaban J connectivity index is 1.24. The van der Waals surface area contributed by atoms with E-state index in [4.69, 9.17) is 4.74 Å². The van der Waals surface area contributed by atoms with E-state index >= 15 is 0 Å². The molecule has 1 N–H and O–H groups in total. The molecule has 1 fully saturated rings. The fourth-order valence-electron chi connectivity index (χ4n) is 4.61.